The molecule has 2 unspecified atom stereocenters. The second kappa shape index (κ2) is 6.48. The van der Waals surface area contributed by atoms with Gasteiger partial charge in [0.2, 0.25) is 11.8 Å². The van der Waals surface area contributed by atoms with Gasteiger partial charge in [-0.2, -0.15) is 0 Å². The molecular weight excluding hydrogens is 334 g/mol. The van der Waals surface area contributed by atoms with Gasteiger partial charge < -0.3 is 25.4 Å². The number of aromatic nitrogens is 3. The number of anilines is 1. The van der Waals surface area contributed by atoms with Crippen LogP contribution >= 0.6 is 11.3 Å². The van der Waals surface area contributed by atoms with E-state index in [1.54, 1.807) is 11.0 Å². The topological polar surface area (TPSA) is 127 Å². The third-order valence-electron chi connectivity index (χ3n) is 3.90. The molecule has 0 amide bonds. The zero-order chi connectivity index (χ0) is 17.3. The summed E-state index contributed by atoms with van der Waals surface area (Å²) in [5.74, 6) is -1.36. The molecule has 0 aromatic carbocycles. The quantitative estimate of drug-likeness (QED) is 0.644. The maximum atomic E-state index is 10.5. The minimum atomic E-state index is -2.14. The zero-order valence-corrected chi connectivity index (χ0v) is 14.1. The number of hydrogen-bond acceptors (Lipinski definition) is 10. The Kier molecular flexibility index (Phi) is 4.54. The van der Waals surface area contributed by atoms with Crippen molar-refractivity contribution in [1.29, 1.82) is 0 Å². The van der Waals surface area contributed by atoms with Crippen LogP contribution in [0.5, 0.6) is 11.8 Å². The minimum absolute atomic E-state index is 0.114. The number of aliphatic hydroxyl groups is 2. The van der Waals surface area contributed by atoms with Crippen LogP contribution in [0.4, 0.5) is 5.13 Å². The van der Waals surface area contributed by atoms with Crippen LogP contribution in [-0.2, 0) is 5.91 Å². The van der Waals surface area contributed by atoms with E-state index in [9.17, 15) is 10.2 Å². The number of rotatable bonds is 5. The van der Waals surface area contributed by atoms with Crippen molar-refractivity contribution in [3.05, 3.63) is 23.5 Å². The first kappa shape index (κ1) is 16.8. The van der Waals surface area contributed by atoms with E-state index in [1.165, 1.54) is 19.6 Å². The average molecular weight is 353 g/mol. The number of methoxy groups -OCH3 is 1. The van der Waals surface area contributed by atoms with Crippen LogP contribution in [0.15, 0.2) is 18.6 Å². The highest BCUT2D eigenvalue weighted by Gasteiger charge is 2.45. The van der Waals surface area contributed by atoms with Crippen molar-refractivity contribution in [2.75, 3.05) is 19.4 Å². The van der Waals surface area contributed by atoms with Crippen molar-refractivity contribution in [1.82, 2.24) is 19.9 Å². The lowest BCUT2D eigenvalue weighted by atomic mass is 10.2. The first-order valence-corrected chi connectivity index (χ1v) is 8.17. The first-order chi connectivity index (χ1) is 11.4. The summed E-state index contributed by atoms with van der Waals surface area (Å²) in [5.41, 5.74) is 5.58. The summed E-state index contributed by atoms with van der Waals surface area (Å²) in [6.45, 7) is 2.22. The van der Waals surface area contributed by atoms with Gasteiger partial charge in [0.15, 0.2) is 5.13 Å². The molecule has 0 spiro atoms. The number of nitrogen functional groups attached to an aromatic ring is 1. The number of nitrogens with zero attached hydrogens (tertiary/aromatic N) is 4. The Morgan fingerprint density at radius 3 is 2.75 bits per heavy atom. The molecule has 4 N–H and O–H groups in total. The van der Waals surface area contributed by atoms with Gasteiger partial charge in [-0.25, -0.2) is 19.9 Å². The molecule has 1 fully saturated rings. The van der Waals surface area contributed by atoms with Crippen LogP contribution in [0.3, 0.4) is 0 Å². The molecule has 0 bridgehead atoms. The second-order valence-corrected chi connectivity index (χ2v) is 6.64. The summed E-state index contributed by atoms with van der Waals surface area (Å²) in [5, 5.41) is 21.3. The van der Waals surface area contributed by atoms with Crippen molar-refractivity contribution in [3.8, 4) is 11.8 Å². The fraction of sp³-hybridized carbons (Fsp3) is 0.500. The lowest BCUT2D eigenvalue weighted by Gasteiger charge is -2.33. The summed E-state index contributed by atoms with van der Waals surface area (Å²) in [6, 6.07) is 1.47. The summed E-state index contributed by atoms with van der Waals surface area (Å²) >= 11 is 1.04. The van der Waals surface area contributed by atoms with Gasteiger partial charge in [0.1, 0.15) is 17.3 Å². The molecule has 1 aliphatic rings. The molecule has 2 aromatic heterocycles. The predicted octanol–water partition coefficient (Wildman–Crippen LogP) is 0.161. The molecule has 1 aliphatic heterocycles. The van der Waals surface area contributed by atoms with E-state index in [-0.39, 0.29) is 22.2 Å². The Balaban J connectivity index is 1.72. The molecule has 0 radical (unpaired) electrons. The third kappa shape index (κ3) is 3.26. The van der Waals surface area contributed by atoms with Gasteiger partial charge in [0.25, 0.3) is 5.91 Å². The molecule has 2 atom stereocenters. The first-order valence-electron chi connectivity index (χ1n) is 7.36. The van der Waals surface area contributed by atoms with Gasteiger partial charge in [-0.1, -0.05) is 11.3 Å². The monoisotopic (exact) mass is 353 g/mol. The van der Waals surface area contributed by atoms with E-state index >= 15 is 0 Å². The van der Waals surface area contributed by atoms with Crippen LogP contribution in [0.1, 0.15) is 18.2 Å². The maximum absolute atomic E-state index is 10.5. The Bertz CT molecular complexity index is 710. The fourth-order valence-electron chi connectivity index (χ4n) is 2.76. The normalized spacial score (nSPS) is 21.8. The van der Waals surface area contributed by atoms with E-state index in [0.29, 0.717) is 24.7 Å². The van der Waals surface area contributed by atoms with Crippen molar-refractivity contribution in [2.45, 2.75) is 31.4 Å². The Morgan fingerprint density at radius 1 is 1.33 bits per heavy atom. The second-order valence-electron chi connectivity index (χ2n) is 5.57. The van der Waals surface area contributed by atoms with Gasteiger partial charge in [-0.3, -0.25) is 0 Å². The fourth-order valence-corrected chi connectivity index (χ4v) is 3.45. The largest absolute Gasteiger partial charge is 0.481 e. The van der Waals surface area contributed by atoms with Gasteiger partial charge in [0, 0.05) is 19.0 Å². The lowest BCUT2D eigenvalue weighted by Crippen LogP contribution is -2.48. The van der Waals surface area contributed by atoms with E-state index in [4.69, 9.17) is 15.2 Å². The minimum Gasteiger partial charge on any atom is -0.481 e. The number of ether oxygens (including phenoxy) is 2. The Labute approximate surface area is 142 Å². The molecule has 10 heteroatoms. The molecule has 3 heterocycles. The zero-order valence-electron chi connectivity index (χ0n) is 13.3. The molecule has 2 aromatic rings. The van der Waals surface area contributed by atoms with Crippen LogP contribution in [0.25, 0.3) is 0 Å². The molecule has 24 heavy (non-hydrogen) atoms. The molecule has 0 saturated carbocycles. The van der Waals surface area contributed by atoms with Crippen LogP contribution in [-0.4, -0.2) is 55.9 Å². The lowest BCUT2D eigenvalue weighted by molar-refractivity contribution is -0.276. The van der Waals surface area contributed by atoms with Crippen molar-refractivity contribution < 1.29 is 19.7 Å². The molecule has 130 valence electrons. The van der Waals surface area contributed by atoms with Gasteiger partial charge >= 0.3 is 0 Å². The highest BCUT2D eigenvalue weighted by Crippen LogP contribution is 2.35. The van der Waals surface area contributed by atoms with Crippen molar-refractivity contribution >= 4 is 16.5 Å². The Hall–Kier alpha value is -2.01. The summed E-state index contributed by atoms with van der Waals surface area (Å²) < 4.78 is 10.9. The molecule has 3 rings (SSSR count). The number of likely N-dealkylation sites (tertiary alicyclic amines) is 1. The van der Waals surface area contributed by atoms with Crippen LogP contribution in [0.2, 0.25) is 0 Å². The van der Waals surface area contributed by atoms with E-state index < -0.39 is 5.91 Å². The standard InChI is InChI=1S/C14H19N5O4S/c1-8-3-9(23-12-4-11(22-2)17-7-18-12)6-19(8)14(20,21)10-5-16-13(15)24-10/h4-5,7-9,20-21H,3,6H2,1-2H3,(H2,15,16). The third-order valence-corrected chi connectivity index (χ3v) is 4.82. The maximum Gasteiger partial charge on any atom is 0.265 e. The van der Waals surface area contributed by atoms with E-state index in [0.717, 1.165) is 11.3 Å². The van der Waals surface area contributed by atoms with Gasteiger partial charge in [-0.15, -0.1) is 0 Å². The smallest absolute Gasteiger partial charge is 0.265 e. The highest BCUT2D eigenvalue weighted by molar-refractivity contribution is 7.15. The van der Waals surface area contributed by atoms with Crippen molar-refractivity contribution in [3.63, 3.8) is 0 Å². The van der Waals surface area contributed by atoms with Gasteiger partial charge in [0.05, 0.1) is 19.4 Å². The van der Waals surface area contributed by atoms with Crippen LogP contribution < -0.4 is 15.2 Å². The number of thiazole rings is 1. The summed E-state index contributed by atoms with van der Waals surface area (Å²) in [4.78, 5) is 13.7. The molecular formula is C14H19N5O4S. The molecule has 0 aliphatic carbocycles. The Morgan fingerprint density at radius 2 is 2.08 bits per heavy atom. The summed E-state index contributed by atoms with van der Waals surface area (Å²) in [7, 11) is 1.51. The highest BCUT2D eigenvalue weighted by atomic mass is 32.1. The summed E-state index contributed by atoms with van der Waals surface area (Å²) in [6.07, 6.45) is 3.09. The van der Waals surface area contributed by atoms with Crippen LogP contribution in [0, 0.1) is 0 Å². The SMILES string of the molecule is COc1cc(OC2CC(C)N(C(O)(O)c3cnc(N)s3)C2)ncn1. The van der Waals surface area contributed by atoms with Crippen molar-refractivity contribution in [2.24, 2.45) is 0 Å². The number of hydrogen-bond donors (Lipinski definition) is 3. The molecule has 9 nitrogen and oxygen atoms in total. The van der Waals surface area contributed by atoms with Gasteiger partial charge in [-0.05, 0) is 6.92 Å². The predicted molar refractivity (Wildman–Crippen MR) is 86.4 cm³/mol. The molecule has 1 saturated heterocycles. The van der Waals surface area contributed by atoms with E-state index in [2.05, 4.69) is 15.0 Å². The number of nitrogens with two attached hydrogens (primary N) is 1. The average Bonchev–Trinajstić information content (AvgIpc) is 3.14. The van der Waals surface area contributed by atoms with E-state index in [1.807, 2.05) is 6.92 Å².